The standard InChI is InChI=1S/C20H24N4O4S/c1-20(9-27-10-20)28-19(26)24-7-13-12(14(13)8-24)2-3-22-18(25)15-4-11-5-17(21)23-6-16(11)29-15/h4-6,12-14H,2-3,7-10H2,1H3,(H2,21,23)(H,22,25). The van der Waals surface area contributed by atoms with E-state index in [1.165, 1.54) is 11.3 Å². The molecule has 29 heavy (non-hydrogen) atoms. The van der Waals surface area contributed by atoms with Gasteiger partial charge in [-0.3, -0.25) is 4.79 Å². The van der Waals surface area contributed by atoms with Crippen LogP contribution in [0.15, 0.2) is 18.3 Å². The normalized spacial score (nSPS) is 26.7. The number of nitrogens with two attached hydrogens (primary N) is 1. The number of anilines is 1. The zero-order valence-electron chi connectivity index (χ0n) is 16.2. The zero-order chi connectivity index (χ0) is 20.2. The van der Waals surface area contributed by atoms with Crippen LogP contribution in [-0.2, 0) is 9.47 Å². The molecular weight excluding hydrogens is 392 g/mol. The Balaban J connectivity index is 1.06. The van der Waals surface area contributed by atoms with Crippen LogP contribution in [0.25, 0.3) is 10.1 Å². The van der Waals surface area contributed by atoms with Gasteiger partial charge in [-0.25, -0.2) is 9.78 Å². The minimum absolute atomic E-state index is 0.0586. The van der Waals surface area contributed by atoms with Crippen LogP contribution in [0.4, 0.5) is 10.6 Å². The molecule has 0 spiro atoms. The van der Waals surface area contributed by atoms with Crippen LogP contribution < -0.4 is 11.1 Å². The molecule has 2 atom stereocenters. The fraction of sp³-hybridized carbons (Fsp3) is 0.550. The van der Waals surface area contributed by atoms with Crippen LogP contribution in [0.1, 0.15) is 23.0 Å². The first kappa shape index (κ1) is 18.6. The smallest absolute Gasteiger partial charge is 0.410 e. The summed E-state index contributed by atoms with van der Waals surface area (Å²) in [6.07, 6.45) is 2.41. The van der Waals surface area contributed by atoms with Crippen molar-refractivity contribution in [3.05, 3.63) is 23.2 Å². The predicted molar refractivity (Wildman–Crippen MR) is 109 cm³/mol. The first-order chi connectivity index (χ1) is 13.9. The molecule has 2 saturated heterocycles. The summed E-state index contributed by atoms with van der Waals surface area (Å²) in [6, 6.07) is 3.64. The molecule has 1 saturated carbocycles. The minimum Gasteiger partial charge on any atom is -0.438 e. The molecule has 4 heterocycles. The highest BCUT2D eigenvalue weighted by Gasteiger charge is 2.56. The van der Waals surface area contributed by atoms with Crippen molar-refractivity contribution in [2.24, 2.45) is 17.8 Å². The van der Waals surface area contributed by atoms with Crippen molar-refractivity contribution < 1.29 is 19.1 Å². The summed E-state index contributed by atoms with van der Waals surface area (Å²) in [6.45, 7) is 5.01. The molecule has 3 N–H and O–H groups in total. The number of piperidine rings is 1. The second-order valence-corrected chi connectivity index (χ2v) is 9.59. The number of hydrogen-bond acceptors (Lipinski definition) is 7. The van der Waals surface area contributed by atoms with Crippen molar-refractivity contribution in [2.75, 3.05) is 38.6 Å². The van der Waals surface area contributed by atoms with Gasteiger partial charge in [-0.1, -0.05) is 0 Å². The Morgan fingerprint density at radius 3 is 2.83 bits per heavy atom. The molecule has 2 amide bonds. The Bertz CT molecular complexity index is 961. The van der Waals surface area contributed by atoms with E-state index in [1.807, 2.05) is 17.9 Å². The second-order valence-electron chi connectivity index (χ2n) is 8.51. The van der Waals surface area contributed by atoms with E-state index in [0.29, 0.717) is 48.2 Å². The lowest BCUT2D eigenvalue weighted by molar-refractivity contribution is -0.171. The molecular formula is C20H24N4O4S. The summed E-state index contributed by atoms with van der Waals surface area (Å²) in [5, 5.41) is 3.96. The van der Waals surface area contributed by atoms with E-state index in [1.54, 1.807) is 12.3 Å². The number of nitrogen functional groups attached to an aromatic ring is 1. The number of carbonyl (C=O) groups excluding carboxylic acids is 2. The fourth-order valence-corrected chi connectivity index (χ4v) is 5.39. The van der Waals surface area contributed by atoms with Gasteiger partial charge in [-0.2, -0.15) is 0 Å². The highest BCUT2D eigenvalue weighted by molar-refractivity contribution is 7.20. The summed E-state index contributed by atoms with van der Waals surface area (Å²) in [5.74, 6) is 2.03. The summed E-state index contributed by atoms with van der Waals surface area (Å²) < 4.78 is 11.6. The third-order valence-corrected chi connectivity index (χ3v) is 7.27. The SMILES string of the molecule is CC1(OC(=O)N2CC3C(CCNC(=O)c4cc5cc(N)ncc5s4)C3C2)COC1. The Labute approximate surface area is 172 Å². The molecule has 8 nitrogen and oxygen atoms in total. The number of amides is 2. The number of nitrogens with one attached hydrogen (secondary N) is 1. The van der Waals surface area contributed by atoms with Gasteiger partial charge in [0.2, 0.25) is 0 Å². The van der Waals surface area contributed by atoms with Crippen LogP contribution in [0.2, 0.25) is 0 Å². The maximum atomic E-state index is 12.4. The molecule has 2 aromatic rings. The van der Waals surface area contributed by atoms with Gasteiger partial charge in [0.25, 0.3) is 5.91 Å². The van der Waals surface area contributed by atoms with Crippen molar-refractivity contribution in [3.8, 4) is 0 Å². The van der Waals surface area contributed by atoms with Crippen LogP contribution in [0, 0.1) is 17.8 Å². The average Bonchev–Trinajstić information content (AvgIpc) is 3.02. The Morgan fingerprint density at radius 2 is 2.14 bits per heavy atom. The molecule has 2 aliphatic heterocycles. The molecule has 0 bridgehead atoms. The molecule has 0 radical (unpaired) electrons. The third-order valence-electron chi connectivity index (χ3n) is 6.19. The van der Waals surface area contributed by atoms with E-state index in [4.69, 9.17) is 15.2 Å². The molecule has 9 heteroatoms. The first-order valence-corrected chi connectivity index (χ1v) is 10.7. The first-order valence-electron chi connectivity index (χ1n) is 9.91. The minimum atomic E-state index is -0.456. The van der Waals surface area contributed by atoms with Crippen molar-refractivity contribution in [3.63, 3.8) is 0 Å². The second kappa shape index (κ2) is 6.84. The number of pyridine rings is 1. The van der Waals surface area contributed by atoms with E-state index >= 15 is 0 Å². The lowest BCUT2D eigenvalue weighted by Crippen LogP contribution is -2.52. The van der Waals surface area contributed by atoms with Crippen molar-refractivity contribution in [1.82, 2.24) is 15.2 Å². The van der Waals surface area contributed by atoms with E-state index < -0.39 is 5.60 Å². The molecule has 2 aromatic heterocycles. The molecule has 0 aromatic carbocycles. The number of aromatic nitrogens is 1. The maximum absolute atomic E-state index is 12.4. The molecule has 5 rings (SSSR count). The Kier molecular flexibility index (Phi) is 4.40. The highest BCUT2D eigenvalue weighted by Crippen LogP contribution is 2.53. The zero-order valence-corrected chi connectivity index (χ0v) is 17.0. The van der Waals surface area contributed by atoms with E-state index in [0.717, 1.165) is 29.6 Å². The third kappa shape index (κ3) is 3.53. The van der Waals surface area contributed by atoms with Crippen LogP contribution >= 0.6 is 11.3 Å². The number of hydrogen-bond donors (Lipinski definition) is 2. The van der Waals surface area contributed by atoms with Crippen molar-refractivity contribution in [2.45, 2.75) is 18.9 Å². The average molecular weight is 417 g/mol. The Morgan fingerprint density at radius 1 is 1.38 bits per heavy atom. The summed E-state index contributed by atoms with van der Waals surface area (Å²) >= 11 is 1.42. The van der Waals surface area contributed by atoms with Gasteiger partial charge < -0.3 is 25.4 Å². The number of nitrogens with zero attached hydrogens (tertiary/aromatic N) is 2. The van der Waals surface area contributed by atoms with E-state index in [9.17, 15) is 9.59 Å². The highest BCUT2D eigenvalue weighted by atomic mass is 32.1. The lowest BCUT2D eigenvalue weighted by atomic mass is 10.1. The largest absolute Gasteiger partial charge is 0.438 e. The molecule has 2 unspecified atom stereocenters. The number of rotatable bonds is 5. The molecule has 3 aliphatic rings. The summed E-state index contributed by atoms with van der Waals surface area (Å²) in [7, 11) is 0. The van der Waals surface area contributed by atoms with Crippen molar-refractivity contribution >= 4 is 39.2 Å². The number of ether oxygens (including phenoxy) is 2. The summed E-state index contributed by atoms with van der Waals surface area (Å²) in [4.78, 5) is 31.2. The van der Waals surface area contributed by atoms with Gasteiger partial charge in [0.05, 0.1) is 22.8 Å². The topological polar surface area (TPSA) is 107 Å². The van der Waals surface area contributed by atoms with Gasteiger partial charge >= 0.3 is 6.09 Å². The van der Waals surface area contributed by atoms with Gasteiger partial charge in [-0.15, -0.1) is 11.3 Å². The van der Waals surface area contributed by atoms with Gasteiger partial charge in [0, 0.05) is 25.8 Å². The van der Waals surface area contributed by atoms with Crippen LogP contribution in [-0.4, -0.2) is 60.3 Å². The van der Waals surface area contributed by atoms with E-state index in [2.05, 4.69) is 10.3 Å². The molecule has 3 fully saturated rings. The number of likely N-dealkylation sites (tertiary alicyclic amines) is 1. The quantitative estimate of drug-likeness (QED) is 0.773. The van der Waals surface area contributed by atoms with Gasteiger partial charge in [-0.05, 0) is 48.6 Å². The number of thiophene rings is 1. The lowest BCUT2D eigenvalue weighted by Gasteiger charge is -2.38. The van der Waals surface area contributed by atoms with Gasteiger partial charge in [0.15, 0.2) is 5.60 Å². The van der Waals surface area contributed by atoms with Crippen LogP contribution in [0.3, 0.4) is 0 Å². The predicted octanol–water partition coefficient (Wildman–Crippen LogP) is 2.10. The number of carbonyl (C=O) groups is 2. The van der Waals surface area contributed by atoms with Crippen LogP contribution in [0.5, 0.6) is 0 Å². The maximum Gasteiger partial charge on any atom is 0.410 e. The molecule has 1 aliphatic carbocycles. The molecule has 154 valence electrons. The van der Waals surface area contributed by atoms with E-state index in [-0.39, 0.29) is 12.0 Å². The van der Waals surface area contributed by atoms with Crippen molar-refractivity contribution in [1.29, 1.82) is 0 Å². The number of fused-ring (bicyclic) bond motifs is 2. The summed E-state index contributed by atoms with van der Waals surface area (Å²) in [5.41, 5.74) is 5.24. The van der Waals surface area contributed by atoms with Gasteiger partial charge in [0.1, 0.15) is 5.82 Å². The fourth-order valence-electron chi connectivity index (χ4n) is 4.46. The monoisotopic (exact) mass is 416 g/mol. The Hall–Kier alpha value is -2.39.